The predicted octanol–water partition coefficient (Wildman–Crippen LogP) is 2.73. The Morgan fingerprint density at radius 3 is 2.65 bits per heavy atom. The highest BCUT2D eigenvalue weighted by molar-refractivity contribution is 6.02. The van der Waals surface area contributed by atoms with Gasteiger partial charge in [-0.2, -0.15) is 0 Å². The number of nitrogens with one attached hydrogen (secondary N) is 2. The van der Waals surface area contributed by atoms with Crippen molar-refractivity contribution in [2.75, 3.05) is 11.9 Å². The maximum absolute atomic E-state index is 11.9. The Hall–Kier alpha value is -2.14. The van der Waals surface area contributed by atoms with Crippen LogP contribution >= 0.6 is 0 Å². The summed E-state index contributed by atoms with van der Waals surface area (Å²) in [6.45, 7) is 5.75. The van der Waals surface area contributed by atoms with E-state index in [0.29, 0.717) is 5.69 Å². The summed E-state index contributed by atoms with van der Waals surface area (Å²) < 4.78 is 4.92. The topological polar surface area (TPSA) is 67.2 Å². The number of aryl methyl sites for hydroxylation is 1. The molecule has 2 aromatic rings. The largest absolute Gasteiger partial charge is 0.351 e. The van der Waals surface area contributed by atoms with E-state index in [0.717, 1.165) is 25.2 Å². The molecule has 0 atom stereocenters. The van der Waals surface area contributed by atoms with Gasteiger partial charge >= 0.3 is 0 Å². The number of carbonyl (C=O) groups excluding carboxylic acids is 1. The fourth-order valence-corrected chi connectivity index (χ4v) is 1.78. The van der Waals surface area contributed by atoms with E-state index >= 15 is 0 Å². The standard InChI is InChI=1S/C15H19N3O2/c1-3-8-16-10-12-4-6-13(7-5-12)17-15(19)14-9-11(2)18-20-14/h4-7,9,16H,3,8,10H2,1-2H3,(H,17,19). The third-order valence-corrected chi connectivity index (χ3v) is 2.82. The van der Waals surface area contributed by atoms with Crippen molar-refractivity contribution in [2.24, 2.45) is 0 Å². The molecule has 0 unspecified atom stereocenters. The first-order chi connectivity index (χ1) is 9.69. The summed E-state index contributed by atoms with van der Waals surface area (Å²) in [5.41, 5.74) is 2.61. The minimum atomic E-state index is -0.289. The number of nitrogens with zero attached hydrogens (tertiary/aromatic N) is 1. The van der Waals surface area contributed by atoms with Crippen molar-refractivity contribution < 1.29 is 9.32 Å². The van der Waals surface area contributed by atoms with Gasteiger partial charge in [0.1, 0.15) is 0 Å². The Labute approximate surface area is 118 Å². The van der Waals surface area contributed by atoms with Gasteiger partial charge in [0.15, 0.2) is 0 Å². The van der Waals surface area contributed by atoms with Crippen LogP contribution in [0.2, 0.25) is 0 Å². The zero-order chi connectivity index (χ0) is 14.4. The number of aromatic nitrogens is 1. The number of anilines is 1. The Kier molecular flexibility index (Phi) is 4.90. The number of amides is 1. The van der Waals surface area contributed by atoms with Crippen molar-refractivity contribution in [3.05, 3.63) is 47.3 Å². The molecular formula is C15H19N3O2. The van der Waals surface area contributed by atoms with E-state index in [1.165, 1.54) is 5.56 Å². The lowest BCUT2D eigenvalue weighted by Gasteiger charge is -2.06. The molecule has 2 rings (SSSR count). The average molecular weight is 273 g/mol. The van der Waals surface area contributed by atoms with Crippen molar-refractivity contribution in [3.63, 3.8) is 0 Å². The van der Waals surface area contributed by atoms with Gasteiger partial charge in [-0.3, -0.25) is 4.79 Å². The van der Waals surface area contributed by atoms with Gasteiger partial charge in [0, 0.05) is 18.3 Å². The highest BCUT2D eigenvalue weighted by Crippen LogP contribution is 2.12. The van der Waals surface area contributed by atoms with Gasteiger partial charge in [0.05, 0.1) is 5.69 Å². The van der Waals surface area contributed by atoms with Crippen molar-refractivity contribution in [2.45, 2.75) is 26.8 Å². The van der Waals surface area contributed by atoms with Gasteiger partial charge < -0.3 is 15.2 Å². The van der Waals surface area contributed by atoms with E-state index < -0.39 is 0 Å². The van der Waals surface area contributed by atoms with Crippen molar-refractivity contribution in [1.82, 2.24) is 10.5 Å². The van der Waals surface area contributed by atoms with Gasteiger partial charge in [-0.05, 0) is 37.6 Å². The van der Waals surface area contributed by atoms with E-state index in [9.17, 15) is 4.79 Å². The molecule has 0 aliphatic heterocycles. The molecule has 0 aliphatic rings. The lowest BCUT2D eigenvalue weighted by molar-refractivity contribution is 0.0988. The highest BCUT2D eigenvalue weighted by Gasteiger charge is 2.11. The Morgan fingerprint density at radius 2 is 2.05 bits per heavy atom. The lowest BCUT2D eigenvalue weighted by Crippen LogP contribution is -2.14. The van der Waals surface area contributed by atoms with E-state index in [1.54, 1.807) is 13.0 Å². The Bertz CT molecular complexity index is 561. The molecule has 20 heavy (non-hydrogen) atoms. The van der Waals surface area contributed by atoms with Crippen molar-refractivity contribution in [3.8, 4) is 0 Å². The molecule has 0 radical (unpaired) electrons. The molecule has 0 spiro atoms. The fourth-order valence-electron chi connectivity index (χ4n) is 1.78. The molecule has 0 fully saturated rings. The van der Waals surface area contributed by atoms with E-state index in [1.807, 2.05) is 24.3 Å². The second-order valence-corrected chi connectivity index (χ2v) is 4.66. The first-order valence-electron chi connectivity index (χ1n) is 6.73. The number of hydrogen-bond acceptors (Lipinski definition) is 4. The molecule has 2 N–H and O–H groups in total. The van der Waals surface area contributed by atoms with Gasteiger partial charge in [0.2, 0.25) is 5.76 Å². The maximum atomic E-state index is 11.9. The minimum Gasteiger partial charge on any atom is -0.351 e. The van der Waals surface area contributed by atoms with Crippen LogP contribution in [0.4, 0.5) is 5.69 Å². The van der Waals surface area contributed by atoms with Gasteiger partial charge in [0.25, 0.3) is 5.91 Å². The molecule has 1 amide bonds. The summed E-state index contributed by atoms with van der Waals surface area (Å²) >= 11 is 0. The van der Waals surface area contributed by atoms with Crippen LogP contribution < -0.4 is 10.6 Å². The summed E-state index contributed by atoms with van der Waals surface area (Å²) in [6, 6.07) is 9.35. The predicted molar refractivity (Wildman–Crippen MR) is 77.6 cm³/mol. The number of rotatable bonds is 6. The minimum absolute atomic E-state index is 0.219. The number of carbonyl (C=O) groups is 1. The van der Waals surface area contributed by atoms with Crippen LogP contribution in [0.25, 0.3) is 0 Å². The molecule has 1 heterocycles. The normalized spacial score (nSPS) is 10.5. The van der Waals surface area contributed by atoms with Crippen LogP contribution in [0, 0.1) is 6.92 Å². The second-order valence-electron chi connectivity index (χ2n) is 4.66. The van der Waals surface area contributed by atoms with E-state index in [4.69, 9.17) is 4.52 Å². The zero-order valence-electron chi connectivity index (χ0n) is 11.8. The molecule has 5 heteroatoms. The smallest absolute Gasteiger partial charge is 0.294 e. The van der Waals surface area contributed by atoms with Crippen LogP contribution in [0.15, 0.2) is 34.9 Å². The Morgan fingerprint density at radius 1 is 1.30 bits per heavy atom. The molecule has 1 aromatic carbocycles. The number of hydrogen-bond donors (Lipinski definition) is 2. The molecule has 106 valence electrons. The van der Waals surface area contributed by atoms with Gasteiger partial charge in [-0.15, -0.1) is 0 Å². The van der Waals surface area contributed by atoms with Gasteiger partial charge in [-0.1, -0.05) is 24.2 Å². The summed E-state index contributed by atoms with van der Waals surface area (Å²) in [4.78, 5) is 11.9. The van der Waals surface area contributed by atoms with Crippen LogP contribution in [0.1, 0.15) is 35.2 Å². The van der Waals surface area contributed by atoms with Crippen LogP contribution in [-0.4, -0.2) is 17.6 Å². The lowest BCUT2D eigenvalue weighted by atomic mass is 10.2. The first-order valence-corrected chi connectivity index (χ1v) is 6.73. The molecule has 0 bridgehead atoms. The average Bonchev–Trinajstić information content (AvgIpc) is 2.88. The summed E-state index contributed by atoms with van der Waals surface area (Å²) in [6.07, 6.45) is 1.12. The third kappa shape index (κ3) is 3.93. The summed E-state index contributed by atoms with van der Waals surface area (Å²) in [7, 11) is 0. The molecule has 5 nitrogen and oxygen atoms in total. The quantitative estimate of drug-likeness (QED) is 0.794. The van der Waals surface area contributed by atoms with Crippen molar-refractivity contribution >= 4 is 11.6 Å². The molecule has 0 saturated heterocycles. The molecule has 0 aliphatic carbocycles. The molecule has 0 saturated carbocycles. The second kappa shape index (κ2) is 6.86. The summed E-state index contributed by atoms with van der Waals surface area (Å²) in [5.74, 6) is -0.0707. The highest BCUT2D eigenvalue weighted by atomic mass is 16.5. The number of benzene rings is 1. The molecular weight excluding hydrogens is 254 g/mol. The third-order valence-electron chi connectivity index (χ3n) is 2.82. The zero-order valence-corrected chi connectivity index (χ0v) is 11.8. The van der Waals surface area contributed by atoms with E-state index in [2.05, 4.69) is 22.7 Å². The summed E-state index contributed by atoms with van der Waals surface area (Å²) in [5, 5.41) is 9.79. The molecule has 1 aromatic heterocycles. The van der Waals surface area contributed by atoms with Crippen LogP contribution in [0.5, 0.6) is 0 Å². The fraction of sp³-hybridized carbons (Fsp3) is 0.333. The van der Waals surface area contributed by atoms with Crippen LogP contribution in [0.3, 0.4) is 0 Å². The van der Waals surface area contributed by atoms with E-state index in [-0.39, 0.29) is 11.7 Å². The SMILES string of the molecule is CCCNCc1ccc(NC(=O)c2cc(C)no2)cc1. The maximum Gasteiger partial charge on any atom is 0.294 e. The van der Waals surface area contributed by atoms with Crippen LogP contribution in [-0.2, 0) is 6.54 Å². The Balaban J connectivity index is 1.91. The first kappa shape index (κ1) is 14.3. The monoisotopic (exact) mass is 273 g/mol. The van der Waals surface area contributed by atoms with Crippen molar-refractivity contribution in [1.29, 1.82) is 0 Å². The van der Waals surface area contributed by atoms with Gasteiger partial charge in [-0.25, -0.2) is 0 Å².